The van der Waals surface area contributed by atoms with E-state index in [2.05, 4.69) is 28.2 Å². The van der Waals surface area contributed by atoms with E-state index < -0.39 is 11.4 Å². The molecule has 33 heavy (non-hydrogen) atoms. The van der Waals surface area contributed by atoms with E-state index in [4.69, 9.17) is 5.73 Å². The molecule has 9 heteroatoms. The highest BCUT2D eigenvalue weighted by Crippen LogP contribution is 2.40. The average Bonchev–Trinajstić information content (AvgIpc) is 3.50. The zero-order valence-corrected chi connectivity index (χ0v) is 19.9. The van der Waals surface area contributed by atoms with E-state index in [0.717, 1.165) is 50.8 Å². The summed E-state index contributed by atoms with van der Waals surface area (Å²) in [6.45, 7) is 2.41. The fourth-order valence-corrected chi connectivity index (χ4v) is 5.69. The first kappa shape index (κ1) is 23.7. The first-order valence-corrected chi connectivity index (χ1v) is 12.2. The van der Waals surface area contributed by atoms with Crippen LogP contribution in [0.15, 0.2) is 47.4 Å². The second-order valence-corrected chi connectivity index (χ2v) is 10.2. The van der Waals surface area contributed by atoms with E-state index in [-0.39, 0.29) is 18.9 Å². The number of nitrogens with one attached hydrogen (secondary N) is 2. The Morgan fingerprint density at radius 2 is 1.94 bits per heavy atom. The summed E-state index contributed by atoms with van der Waals surface area (Å²) in [5.74, 6) is -1.19. The normalized spacial score (nSPS) is 18.4. The predicted octanol–water partition coefficient (Wildman–Crippen LogP) is 2.77. The number of carbonyl (C=O) groups excluding carboxylic acids is 1. The lowest BCUT2D eigenvalue weighted by atomic mass is 9.80. The molecule has 0 saturated carbocycles. The first-order valence-electron chi connectivity index (χ1n) is 11.0. The number of fused-ring (bicyclic) bond motifs is 2. The van der Waals surface area contributed by atoms with Crippen LogP contribution in [0.25, 0.3) is 10.2 Å². The van der Waals surface area contributed by atoms with Gasteiger partial charge in [0.15, 0.2) is 0 Å². The lowest BCUT2D eigenvalue weighted by Crippen LogP contribution is -2.43. The number of para-hydroxylation sites is 1. The second kappa shape index (κ2) is 10.2. The van der Waals surface area contributed by atoms with Crippen LogP contribution in [0.2, 0.25) is 0 Å². The number of hydrogen-bond donors (Lipinski definition) is 5. The fraction of sp³-hybridized carbons (Fsp3) is 0.375. The van der Waals surface area contributed by atoms with Crippen molar-refractivity contribution >= 4 is 46.1 Å². The Bertz CT molecular complexity index is 1130. The van der Waals surface area contributed by atoms with Gasteiger partial charge in [0, 0.05) is 17.5 Å². The van der Waals surface area contributed by atoms with Gasteiger partial charge in [-0.3, -0.25) is 9.59 Å². The molecule has 1 aromatic heterocycles. The maximum atomic E-state index is 13.0. The molecule has 7 nitrogen and oxygen atoms in total. The summed E-state index contributed by atoms with van der Waals surface area (Å²) in [6.07, 6.45) is 1.86. The summed E-state index contributed by atoms with van der Waals surface area (Å²) in [5, 5.41) is 16.2. The lowest BCUT2D eigenvalue weighted by molar-refractivity contribution is -0.145. The van der Waals surface area contributed by atoms with Crippen LogP contribution in [-0.2, 0) is 29.0 Å². The van der Waals surface area contributed by atoms with Crippen LogP contribution in [0.5, 0.6) is 0 Å². The molecule has 0 bridgehead atoms. The molecule has 2 aromatic carbocycles. The van der Waals surface area contributed by atoms with Gasteiger partial charge in [-0.1, -0.05) is 30.3 Å². The van der Waals surface area contributed by atoms with Gasteiger partial charge in [0.1, 0.15) is 5.01 Å². The molecule has 2 heterocycles. The van der Waals surface area contributed by atoms with E-state index in [0.29, 0.717) is 18.9 Å². The Morgan fingerprint density at radius 3 is 2.48 bits per heavy atom. The van der Waals surface area contributed by atoms with E-state index in [1.807, 2.05) is 42.5 Å². The third-order valence-corrected chi connectivity index (χ3v) is 7.47. The predicted molar refractivity (Wildman–Crippen MR) is 133 cm³/mol. The van der Waals surface area contributed by atoms with Gasteiger partial charge in [-0.25, -0.2) is 4.98 Å². The van der Waals surface area contributed by atoms with Crippen LogP contribution in [0.3, 0.4) is 0 Å². The third-order valence-electron chi connectivity index (χ3n) is 6.09. The van der Waals surface area contributed by atoms with Gasteiger partial charge in [0.05, 0.1) is 28.6 Å². The van der Waals surface area contributed by atoms with Crippen molar-refractivity contribution in [3.05, 3.63) is 58.6 Å². The summed E-state index contributed by atoms with van der Waals surface area (Å²) < 4.78 is 1.01. The lowest BCUT2D eigenvalue weighted by Gasteiger charge is -2.25. The third kappa shape index (κ3) is 5.55. The second-order valence-electron chi connectivity index (χ2n) is 8.64. The van der Waals surface area contributed by atoms with E-state index in [1.54, 1.807) is 0 Å². The minimum absolute atomic E-state index is 0.186. The van der Waals surface area contributed by atoms with Crippen molar-refractivity contribution in [1.82, 2.24) is 15.6 Å². The molecule has 174 valence electrons. The highest BCUT2D eigenvalue weighted by atomic mass is 32.1. The summed E-state index contributed by atoms with van der Waals surface area (Å²) in [6, 6.07) is 14.0. The highest BCUT2D eigenvalue weighted by molar-refractivity contribution is 7.80. The van der Waals surface area contributed by atoms with Gasteiger partial charge in [-0.05, 0) is 49.1 Å². The van der Waals surface area contributed by atoms with Crippen LogP contribution < -0.4 is 16.4 Å². The SMILES string of the molecule is NC1CCNC1.O=C(O)CC1(C(=O)NCc2nc3c(S)cccc3s2)Cc2ccccc2C1. The summed E-state index contributed by atoms with van der Waals surface area (Å²) in [5.41, 5.74) is 7.45. The zero-order chi connectivity index (χ0) is 23.4. The standard InChI is InChI=1S/C20H18N2O3S2.C4H10N2/c23-17(24)10-20(8-12-4-1-2-5-13(12)9-20)19(25)21-11-16-22-18-14(26)6-3-7-15(18)27-16;5-4-1-2-6-3-4/h1-7,26H,8-11H2,(H,21,25)(H,23,24);4,6H,1-3,5H2. The maximum Gasteiger partial charge on any atom is 0.304 e. The number of nitrogens with two attached hydrogens (primary N) is 1. The molecule has 1 aliphatic heterocycles. The molecule has 1 saturated heterocycles. The number of rotatable bonds is 5. The molecular weight excluding hydrogens is 456 g/mol. The number of amides is 1. The fourth-order valence-electron chi connectivity index (χ4n) is 4.43. The number of aliphatic carboxylic acids is 1. The number of carboxylic acids is 1. The molecule has 1 aliphatic carbocycles. The number of benzene rings is 2. The van der Waals surface area contributed by atoms with E-state index >= 15 is 0 Å². The zero-order valence-electron chi connectivity index (χ0n) is 18.2. The largest absolute Gasteiger partial charge is 0.481 e. The van der Waals surface area contributed by atoms with Crippen molar-refractivity contribution in [2.75, 3.05) is 13.1 Å². The van der Waals surface area contributed by atoms with Crippen LogP contribution in [0, 0.1) is 5.41 Å². The Kier molecular flexibility index (Phi) is 7.33. The topological polar surface area (TPSA) is 117 Å². The van der Waals surface area contributed by atoms with E-state index in [1.165, 1.54) is 11.3 Å². The number of carbonyl (C=O) groups is 2. The molecule has 1 atom stereocenters. The molecule has 0 spiro atoms. The number of nitrogens with zero attached hydrogens (tertiary/aromatic N) is 1. The molecule has 5 N–H and O–H groups in total. The Balaban J connectivity index is 0.000000376. The van der Waals surface area contributed by atoms with Crippen LogP contribution in [0.4, 0.5) is 0 Å². The van der Waals surface area contributed by atoms with Gasteiger partial charge in [0.2, 0.25) is 5.91 Å². The number of carboxylic acid groups (broad SMARTS) is 1. The summed E-state index contributed by atoms with van der Waals surface area (Å²) in [7, 11) is 0. The van der Waals surface area contributed by atoms with Crippen molar-refractivity contribution in [3.63, 3.8) is 0 Å². The van der Waals surface area contributed by atoms with Crippen LogP contribution >= 0.6 is 24.0 Å². The summed E-state index contributed by atoms with van der Waals surface area (Å²) >= 11 is 5.92. The van der Waals surface area contributed by atoms with Gasteiger partial charge in [-0.15, -0.1) is 24.0 Å². The molecule has 1 fully saturated rings. The number of thiol groups is 1. The van der Waals surface area contributed by atoms with Gasteiger partial charge in [0.25, 0.3) is 0 Å². The van der Waals surface area contributed by atoms with Crippen molar-refractivity contribution in [1.29, 1.82) is 0 Å². The number of aromatic nitrogens is 1. The maximum absolute atomic E-state index is 13.0. The summed E-state index contributed by atoms with van der Waals surface area (Å²) in [4.78, 5) is 29.8. The Hall–Kier alpha value is -2.46. The van der Waals surface area contributed by atoms with Crippen LogP contribution in [-0.4, -0.2) is 41.1 Å². The smallest absolute Gasteiger partial charge is 0.304 e. The minimum atomic E-state index is -0.961. The van der Waals surface area contributed by atoms with Gasteiger partial charge < -0.3 is 21.5 Å². The molecule has 5 rings (SSSR count). The van der Waals surface area contributed by atoms with Crippen molar-refractivity contribution in [2.45, 2.75) is 43.2 Å². The molecule has 2 aliphatic rings. The quantitative estimate of drug-likeness (QED) is 0.356. The van der Waals surface area contributed by atoms with Crippen molar-refractivity contribution in [2.24, 2.45) is 11.1 Å². The monoisotopic (exact) mass is 484 g/mol. The van der Waals surface area contributed by atoms with E-state index in [9.17, 15) is 14.7 Å². The van der Waals surface area contributed by atoms with Crippen molar-refractivity contribution < 1.29 is 14.7 Å². The molecule has 1 amide bonds. The van der Waals surface area contributed by atoms with Crippen molar-refractivity contribution in [3.8, 4) is 0 Å². The van der Waals surface area contributed by atoms with Gasteiger partial charge in [-0.2, -0.15) is 0 Å². The first-order chi connectivity index (χ1) is 15.9. The molecule has 3 aromatic rings. The molecular formula is C24H28N4O3S2. The number of thiazole rings is 1. The Labute approximate surface area is 202 Å². The minimum Gasteiger partial charge on any atom is -0.481 e. The highest BCUT2D eigenvalue weighted by Gasteiger charge is 2.45. The molecule has 0 radical (unpaired) electrons. The molecule has 1 unspecified atom stereocenters. The average molecular weight is 485 g/mol. The number of hydrogen-bond acceptors (Lipinski definition) is 7. The van der Waals surface area contributed by atoms with Gasteiger partial charge >= 0.3 is 5.97 Å². The van der Waals surface area contributed by atoms with Crippen LogP contribution in [0.1, 0.15) is 29.0 Å². The Morgan fingerprint density at radius 1 is 1.21 bits per heavy atom.